The summed E-state index contributed by atoms with van der Waals surface area (Å²) >= 11 is 0. The van der Waals surface area contributed by atoms with Gasteiger partial charge in [-0.15, -0.1) is 0 Å². The molecule has 0 saturated carbocycles. The zero-order chi connectivity index (χ0) is 19.1. The van der Waals surface area contributed by atoms with Gasteiger partial charge in [0.25, 0.3) is 0 Å². The molecule has 26 heavy (non-hydrogen) atoms. The third kappa shape index (κ3) is 4.73. The van der Waals surface area contributed by atoms with Gasteiger partial charge in [0.2, 0.25) is 0 Å². The number of ether oxygens (including phenoxy) is 1. The van der Waals surface area contributed by atoms with Crippen molar-refractivity contribution < 1.29 is 9.84 Å². The standard InChI is InChI=1S/C20H28N4O2/c1-4-10-26-20-13-19(16(21)12-17(20)22)23-18-7-6-15(11-14(18)3)24(5-2)8-9-25/h6-7,11-13,22,25H,4-5,8-10,21H2,1-3H3. The Morgan fingerprint density at radius 3 is 2.65 bits per heavy atom. The minimum atomic E-state index is 0.121. The van der Waals surface area contributed by atoms with Gasteiger partial charge in [-0.1, -0.05) is 6.92 Å². The van der Waals surface area contributed by atoms with E-state index in [1.165, 1.54) is 0 Å². The minimum absolute atomic E-state index is 0.121. The maximum absolute atomic E-state index is 9.19. The Labute approximate surface area is 155 Å². The van der Waals surface area contributed by atoms with Gasteiger partial charge in [0, 0.05) is 24.9 Å². The van der Waals surface area contributed by atoms with Crippen molar-refractivity contribution in [1.29, 1.82) is 5.41 Å². The highest BCUT2D eigenvalue weighted by molar-refractivity contribution is 6.22. The third-order valence-electron chi connectivity index (χ3n) is 4.13. The predicted octanol–water partition coefficient (Wildman–Crippen LogP) is 3.07. The van der Waals surface area contributed by atoms with Crippen LogP contribution in [0.4, 0.5) is 11.4 Å². The van der Waals surface area contributed by atoms with Gasteiger partial charge in [0.05, 0.1) is 36.0 Å². The van der Waals surface area contributed by atoms with E-state index in [4.69, 9.17) is 15.9 Å². The second-order valence-corrected chi connectivity index (χ2v) is 6.14. The van der Waals surface area contributed by atoms with E-state index >= 15 is 0 Å². The average molecular weight is 356 g/mol. The summed E-state index contributed by atoms with van der Waals surface area (Å²) < 4.78 is 5.61. The lowest BCUT2D eigenvalue weighted by molar-refractivity contribution is 0.231. The summed E-state index contributed by atoms with van der Waals surface area (Å²) in [5, 5.41) is 17.2. The van der Waals surface area contributed by atoms with Crippen LogP contribution in [0.15, 0.2) is 46.8 Å². The Morgan fingerprint density at radius 2 is 2.04 bits per heavy atom. The van der Waals surface area contributed by atoms with Crippen molar-refractivity contribution in [1.82, 2.24) is 0 Å². The molecular formula is C20H28N4O2. The fraction of sp³-hybridized carbons (Fsp3) is 0.400. The van der Waals surface area contributed by atoms with Crippen LogP contribution < -0.4 is 10.6 Å². The number of aliphatic hydroxyl groups excluding tert-OH is 1. The molecule has 6 nitrogen and oxygen atoms in total. The highest BCUT2D eigenvalue weighted by Gasteiger charge is 2.16. The Balaban J connectivity index is 2.31. The summed E-state index contributed by atoms with van der Waals surface area (Å²) in [4.78, 5) is 6.77. The summed E-state index contributed by atoms with van der Waals surface area (Å²) in [5.41, 5.74) is 10.3. The molecule has 6 heteroatoms. The van der Waals surface area contributed by atoms with Crippen molar-refractivity contribution in [2.24, 2.45) is 10.7 Å². The molecule has 4 N–H and O–H groups in total. The summed E-state index contributed by atoms with van der Waals surface area (Å²) in [6.45, 7) is 8.18. The van der Waals surface area contributed by atoms with Gasteiger partial charge >= 0.3 is 0 Å². The van der Waals surface area contributed by atoms with Gasteiger partial charge < -0.3 is 20.5 Å². The van der Waals surface area contributed by atoms with E-state index in [2.05, 4.69) is 22.9 Å². The second-order valence-electron chi connectivity index (χ2n) is 6.14. The smallest absolute Gasteiger partial charge is 0.146 e. The number of nitrogens with zero attached hydrogens (tertiary/aromatic N) is 2. The van der Waals surface area contributed by atoms with Gasteiger partial charge in [-0.3, -0.25) is 5.41 Å². The van der Waals surface area contributed by atoms with E-state index in [0.29, 0.717) is 30.3 Å². The summed E-state index contributed by atoms with van der Waals surface area (Å²) in [6.07, 6.45) is 4.18. The maximum atomic E-state index is 9.19. The van der Waals surface area contributed by atoms with E-state index in [-0.39, 0.29) is 12.3 Å². The number of aliphatic imine (C=N–C) groups is 1. The maximum Gasteiger partial charge on any atom is 0.146 e. The Hall–Kier alpha value is -2.60. The number of benzene rings is 1. The summed E-state index contributed by atoms with van der Waals surface area (Å²) in [5.74, 6) is 0.495. The van der Waals surface area contributed by atoms with Gasteiger partial charge in [-0.25, -0.2) is 4.99 Å². The fourth-order valence-corrected chi connectivity index (χ4v) is 2.70. The highest BCUT2D eigenvalue weighted by atomic mass is 16.5. The normalized spacial score (nSPS) is 15.7. The lowest BCUT2D eigenvalue weighted by atomic mass is 10.1. The lowest BCUT2D eigenvalue weighted by Crippen LogP contribution is -2.26. The number of likely N-dealkylation sites (N-methyl/N-ethyl adjacent to an activating group) is 1. The van der Waals surface area contributed by atoms with Crippen molar-refractivity contribution in [3.8, 4) is 0 Å². The van der Waals surface area contributed by atoms with Crippen molar-refractivity contribution in [2.45, 2.75) is 27.2 Å². The summed E-state index contributed by atoms with van der Waals surface area (Å²) in [7, 11) is 0. The number of aliphatic hydroxyl groups is 1. The topological polar surface area (TPSA) is 94.9 Å². The lowest BCUT2D eigenvalue weighted by Gasteiger charge is -2.22. The van der Waals surface area contributed by atoms with Crippen LogP contribution in [0.2, 0.25) is 0 Å². The zero-order valence-corrected chi connectivity index (χ0v) is 15.7. The molecule has 0 heterocycles. The molecule has 1 aliphatic carbocycles. The van der Waals surface area contributed by atoms with E-state index in [1.807, 2.05) is 26.0 Å². The van der Waals surface area contributed by atoms with Crippen LogP contribution in [0.3, 0.4) is 0 Å². The number of nitrogens with two attached hydrogens (primary N) is 1. The van der Waals surface area contributed by atoms with Crippen LogP contribution in [-0.4, -0.2) is 42.8 Å². The van der Waals surface area contributed by atoms with E-state index in [0.717, 1.165) is 29.9 Å². The van der Waals surface area contributed by atoms with Crippen molar-refractivity contribution in [2.75, 3.05) is 31.2 Å². The molecule has 1 aromatic rings. The molecule has 1 aliphatic rings. The van der Waals surface area contributed by atoms with E-state index in [1.54, 1.807) is 12.2 Å². The van der Waals surface area contributed by atoms with Gasteiger partial charge in [-0.05, 0) is 50.1 Å². The van der Waals surface area contributed by atoms with Crippen LogP contribution in [-0.2, 0) is 4.74 Å². The van der Waals surface area contributed by atoms with Crippen LogP contribution in [0.5, 0.6) is 0 Å². The molecule has 0 atom stereocenters. The van der Waals surface area contributed by atoms with Gasteiger partial charge in [0.1, 0.15) is 5.76 Å². The Bertz CT molecular complexity index is 750. The van der Waals surface area contributed by atoms with Crippen molar-refractivity contribution >= 4 is 22.8 Å². The Kier molecular flexibility index (Phi) is 6.97. The first kappa shape index (κ1) is 19.7. The molecular weight excluding hydrogens is 328 g/mol. The second kappa shape index (κ2) is 9.20. The first-order chi connectivity index (χ1) is 12.5. The van der Waals surface area contributed by atoms with Crippen molar-refractivity contribution in [3.63, 3.8) is 0 Å². The number of nitrogens with one attached hydrogen (secondary N) is 1. The molecule has 0 aromatic heterocycles. The summed E-state index contributed by atoms with van der Waals surface area (Å²) in [6, 6.07) is 6.00. The number of aryl methyl sites for hydroxylation is 1. The number of anilines is 1. The first-order valence-corrected chi connectivity index (χ1v) is 8.96. The molecule has 0 fully saturated rings. The molecule has 0 aliphatic heterocycles. The molecule has 0 spiro atoms. The largest absolute Gasteiger partial charge is 0.491 e. The van der Waals surface area contributed by atoms with E-state index in [9.17, 15) is 5.11 Å². The molecule has 0 amide bonds. The van der Waals surface area contributed by atoms with Crippen LogP contribution in [0.25, 0.3) is 0 Å². The molecule has 0 saturated heterocycles. The molecule has 1 aromatic carbocycles. The molecule has 0 radical (unpaired) electrons. The van der Waals surface area contributed by atoms with E-state index < -0.39 is 0 Å². The first-order valence-electron chi connectivity index (χ1n) is 8.96. The van der Waals surface area contributed by atoms with Crippen LogP contribution in [0, 0.1) is 12.3 Å². The quantitative estimate of drug-likeness (QED) is 0.624. The number of rotatable bonds is 8. The van der Waals surface area contributed by atoms with Gasteiger partial charge in [-0.2, -0.15) is 0 Å². The molecule has 2 rings (SSSR count). The predicted molar refractivity (Wildman–Crippen MR) is 108 cm³/mol. The average Bonchev–Trinajstić information content (AvgIpc) is 2.62. The zero-order valence-electron chi connectivity index (χ0n) is 15.7. The monoisotopic (exact) mass is 356 g/mol. The molecule has 0 bridgehead atoms. The number of hydrogen-bond acceptors (Lipinski definition) is 6. The highest BCUT2D eigenvalue weighted by Crippen LogP contribution is 2.26. The Morgan fingerprint density at radius 1 is 1.27 bits per heavy atom. The van der Waals surface area contributed by atoms with Crippen LogP contribution in [0.1, 0.15) is 25.8 Å². The number of allylic oxidation sites excluding steroid dienone is 2. The SMILES string of the molecule is CCCOC1=CC(=Nc2ccc(N(CC)CCO)cc2C)C(N)=CC1=N. The fourth-order valence-electron chi connectivity index (χ4n) is 2.70. The van der Waals surface area contributed by atoms with Gasteiger partial charge in [0.15, 0.2) is 0 Å². The molecule has 140 valence electrons. The van der Waals surface area contributed by atoms with Crippen LogP contribution >= 0.6 is 0 Å². The minimum Gasteiger partial charge on any atom is -0.491 e. The molecule has 0 unspecified atom stereocenters. The number of hydrogen-bond donors (Lipinski definition) is 3. The third-order valence-corrected chi connectivity index (χ3v) is 4.13. The van der Waals surface area contributed by atoms with Crippen molar-refractivity contribution in [3.05, 3.63) is 47.4 Å².